The molecule has 2 rings (SSSR count). The first-order chi connectivity index (χ1) is 11.2. The van der Waals surface area contributed by atoms with Crippen molar-refractivity contribution in [3.8, 4) is 0 Å². The number of benzene rings is 1. The lowest BCUT2D eigenvalue weighted by Crippen LogP contribution is -2.42. The number of allylic oxidation sites excluding steroid dienone is 1. The Balaban J connectivity index is 2.19. The fraction of sp³-hybridized carbons (Fsp3) is 0.444. The third-order valence-electron chi connectivity index (χ3n) is 4.53. The van der Waals surface area contributed by atoms with Crippen molar-refractivity contribution in [3.63, 3.8) is 0 Å². The fourth-order valence-corrected chi connectivity index (χ4v) is 3.16. The van der Waals surface area contributed by atoms with Gasteiger partial charge in [-0.3, -0.25) is 9.59 Å². The van der Waals surface area contributed by atoms with Gasteiger partial charge in [0.15, 0.2) is 0 Å². The Morgan fingerprint density at radius 3 is 2.25 bits per heavy atom. The lowest BCUT2D eigenvalue weighted by molar-refractivity contribution is -0.142. The number of hydrogen-bond donors (Lipinski definition) is 0. The average Bonchev–Trinajstić information content (AvgIpc) is 2.89. The van der Waals surface area contributed by atoms with Crippen molar-refractivity contribution in [2.75, 3.05) is 6.61 Å². The van der Waals surface area contributed by atoms with E-state index < -0.39 is 41.1 Å². The highest BCUT2D eigenvalue weighted by Crippen LogP contribution is 2.49. The van der Waals surface area contributed by atoms with E-state index in [0.717, 1.165) is 11.6 Å². The van der Waals surface area contributed by atoms with Crippen molar-refractivity contribution < 1.29 is 27.5 Å². The number of alkyl halides is 3. The van der Waals surface area contributed by atoms with Crippen molar-refractivity contribution in [3.05, 3.63) is 47.5 Å². The minimum Gasteiger partial charge on any atom is -0.376 e. The summed E-state index contributed by atoms with van der Waals surface area (Å²) in [7, 11) is 0. The molecule has 0 amide bonds. The lowest BCUT2D eigenvalue weighted by Gasteiger charge is -2.30. The van der Waals surface area contributed by atoms with E-state index in [9.17, 15) is 22.8 Å². The zero-order valence-corrected chi connectivity index (χ0v) is 13.5. The first kappa shape index (κ1) is 18.4. The van der Waals surface area contributed by atoms with Crippen LogP contribution < -0.4 is 0 Å². The van der Waals surface area contributed by atoms with Crippen molar-refractivity contribution in [1.82, 2.24) is 0 Å². The summed E-state index contributed by atoms with van der Waals surface area (Å²) in [6.45, 7) is 2.42. The number of halogens is 3. The molecule has 0 N–H and O–H groups in total. The van der Waals surface area contributed by atoms with Gasteiger partial charge in [-0.05, 0) is 25.8 Å². The third kappa shape index (κ3) is 3.59. The SMILES string of the molecule is CC(=O)C1(C(C)=O)CC(C(F)(F)F)=CC1COCc1ccccc1. The van der Waals surface area contributed by atoms with Gasteiger partial charge in [0.1, 0.15) is 11.6 Å². The van der Waals surface area contributed by atoms with Gasteiger partial charge in [0.2, 0.25) is 0 Å². The van der Waals surface area contributed by atoms with Crippen molar-refractivity contribution in [2.45, 2.75) is 33.1 Å². The van der Waals surface area contributed by atoms with Gasteiger partial charge in [0.25, 0.3) is 0 Å². The minimum absolute atomic E-state index is 0.117. The summed E-state index contributed by atoms with van der Waals surface area (Å²) in [6, 6.07) is 9.15. The molecule has 0 fully saturated rings. The first-order valence-electron chi connectivity index (χ1n) is 7.59. The standard InChI is InChI=1S/C18H19F3O3/c1-12(22)17(13(2)23)9-15(18(19,20)21)8-16(17)11-24-10-14-6-4-3-5-7-14/h3-8,16H,9-11H2,1-2H3. The molecule has 0 bridgehead atoms. The van der Waals surface area contributed by atoms with E-state index in [4.69, 9.17) is 4.74 Å². The van der Waals surface area contributed by atoms with Crippen LogP contribution in [0.2, 0.25) is 0 Å². The molecule has 24 heavy (non-hydrogen) atoms. The quantitative estimate of drug-likeness (QED) is 0.583. The molecular weight excluding hydrogens is 321 g/mol. The molecule has 1 aliphatic rings. The Kier molecular flexibility index (Phi) is 5.28. The van der Waals surface area contributed by atoms with Crippen molar-refractivity contribution in [1.29, 1.82) is 0 Å². The Morgan fingerprint density at radius 1 is 1.17 bits per heavy atom. The highest BCUT2D eigenvalue weighted by molar-refractivity contribution is 6.06. The predicted octanol–water partition coefficient (Wildman–Crippen LogP) is 3.88. The number of rotatable bonds is 6. The molecular formula is C18H19F3O3. The van der Waals surface area contributed by atoms with Crippen LogP contribution in [0.1, 0.15) is 25.8 Å². The molecule has 0 aliphatic heterocycles. The largest absolute Gasteiger partial charge is 0.412 e. The Labute approximate surface area is 138 Å². The lowest BCUT2D eigenvalue weighted by atomic mass is 9.71. The number of ether oxygens (including phenoxy) is 1. The summed E-state index contributed by atoms with van der Waals surface area (Å²) in [6.07, 6.45) is -4.18. The number of carbonyl (C=O) groups is 2. The van der Waals surface area contributed by atoms with Gasteiger partial charge in [-0.1, -0.05) is 36.4 Å². The van der Waals surface area contributed by atoms with Crippen LogP contribution >= 0.6 is 0 Å². The molecule has 6 heteroatoms. The third-order valence-corrected chi connectivity index (χ3v) is 4.53. The minimum atomic E-state index is -4.55. The molecule has 0 heterocycles. The van der Waals surface area contributed by atoms with Gasteiger partial charge in [0, 0.05) is 11.5 Å². The second-order valence-electron chi connectivity index (χ2n) is 6.06. The molecule has 1 atom stereocenters. The zero-order chi connectivity index (χ0) is 18.0. The number of ketones is 2. The number of carbonyl (C=O) groups excluding carboxylic acids is 2. The van der Waals surface area contributed by atoms with Crippen molar-refractivity contribution >= 4 is 11.6 Å². The van der Waals surface area contributed by atoms with Gasteiger partial charge in [-0.15, -0.1) is 0 Å². The van der Waals surface area contributed by atoms with Crippen LogP contribution in [0.5, 0.6) is 0 Å². The van der Waals surface area contributed by atoms with Crippen LogP contribution in [-0.4, -0.2) is 24.3 Å². The Hall–Kier alpha value is -1.95. The van der Waals surface area contributed by atoms with Crippen LogP contribution in [0.15, 0.2) is 42.0 Å². The summed E-state index contributed by atoms with van der Waals surface area (Å²) >= 11 is 0. The molecule has 0 aromatic heterocycles. The van der Waals surface area contributed by atoms with E-state index in [1.54, 1.807) is 0 Å². The van der Waals surface area contributed by atoms with E-state index in [0.29, 0.717) is 0 Å². The van der Waals surface area contributed by atoms with Gasteiger partial charge in [-0.25, -0.2) is 0 Å². The Bertz CT molecular complexity index is 633. The maximum absolute atomic E-state index is 13.1. The predicted molar refractivity (Wildman–Crippen MR) is 82.1 cm³/mol. The first-order valence-corrected chi connectivity index (χ1v) is 7.59. The van der Waals surface area contributed by atoms with Crippen LogP contribution in [0, 0.1) is 11.3 Å². The summed E-state index contributed by atoms with van der Waals surface area (Å²) < 4.78 is 44.7. The van der Waals surface area contributed by atoms with E-state index in [2.05, 4.69) is 0 Å². The van der Waals surface area contributed by atoms with E-state index in [-0.39, 0.29) is 13.2 Å². The molecule has 1 aliphatic carbocycles. The maximum atomic E-state index is 13.1. The van der Waals surface area contributed by atoms with Crippen LogP contribution in [-0.2, 0) is 20.9 Å². The summed E-state index contributed by atoms with van der Waals surface area (Å²) in [4.78, 5) is 24.1. The molecule has 3 nitrogen and oxygen atoms in total. The summed E-state index contributed by atoms with van der Waals surface area (Å²) in [5, 5.41) is 0. The smallest absolute Gasteiger partial charge is 0.376 e. The monoisotopic (exact) mass is 340 g/mol. The van der Waals surface area contributed by atoms with Gasteiger partial charge < -0.3 is 4.74 Å². The molecule has 0 saturated carbocycles. The zero-order valence-electron chi connectivity index (χ0n) is 13.5. The molecule has 130 valence electrons. The Morgan fingerprint density at radius 2 is 1.75 bits per heavy atom. The van der Waals surface area contributed by atoms with Gasteiger partial charge in [-0.2, -0.15) is 13.2 Å². The molecule has 1 unspecified atom stereocenters. The fourth-order valence-electron chi connectivity index (χ4n) is 3.16. The number of hydrogen-bond acceptors (Lipinski definition) is 3. The topological polar surface area (TPSA) is 43.4 Å². The normalized spacial score (nSPS) is 19.9. The number of Topliss-reactive ketones (excluding diaryl/α,β-unsaturated/α-hetero) is 2. The molecule has 0 radical (unpaired) electrons. The maximum Gasteiger partial charge on any atom is 0.412 e. The average molecular weight is 340 g/mol. The molecule has 1 aromatic carbocycles. The summed E-state index contributed by atoms with van der Waals surface area (Å²) in [5.41, 5.74) is -1.64. The molecule has 0 saturated heterocycles. The van der Waals surface area contributed by atoms with E-state index >= 15 is 0 Å². The van der Waals surface area contributed by atoms with Gasteiger partial charge >= 0.3 is 6.18 Å². The highest BCUT2D eigenvalue weighted by atomic mass is 19.4. The van der Waals surface area contributed by atoms with Crippen LogP contribution in [0.25, 0.3) is 0 Å². The van der Waals surface area contributed by atoms with E-state index in [1.165, 1.54) is 13.8 Å². The highest BCUT2D eigenvalue weighted by Gasteiger charge is 2.55. The second-order valence-corrected chi connectivity index (χ2v) is 6.06. The van der Waals surface area contributed by atoms with Crippen LogP contribution in [0.3, 0.4) is 0 Å². The van der Waals surface area contributed by atoms with Crippen LogP contribution in [0.4, 0.5) is 13.2 Å². The summed E-state index contributed by atoms with van der Waals surface area (Å²) in [5.74, 6) is -2.02. The van der Waals surface area contributed by atoms with Crippen molar-refractivity contribution in [2.24, 2.45) is 11.3 Å². The van der Waals surface area contributed by atoms with Gasteiger partial charge in [0.05, 0.1) is 18.6 Å². The second kappa shape index (κ2) is 6.89. The van der Waals surface area contributed by atoms with E-state index in [1.807, 2.05) is 30.3 Å². The molecule has 1 aromatic rings. The molecule has 0 spiro atoms.